The Morgan fingerprint density at radius 1 is 1.24 bits per heavy atom. The molecule has 2 nitrogen and oxygen atoms in total. The highest BCUT2D eigenvalue weighted by Gasteiger charge is 2.33. The first-order valence-electron chi connectivity index (χ1n) is 6.49. The summed E-state index contributed by atoms with van der Waals surface area (Å²) >= 11 is 19.9. The first-order valence-corrected chi connectivity index (χ1v) is 9.49. The van der Waals surface area contributed by atoms with E-state index in [-0.39, 0.29) is 5.41 Å². The van der Waals surface area contributed by atoms with E-state index in [4.69, 9.17) is 23.2 Å². The highest BCUT2D eigenvalue weighted by atomic mass is 79.9. The SMILES string of the molecule is Cc1nn(C)c(CC(CBr)(CBr)c2cccc(Cl)c2)c1Cl. The number of nitrogens with zero attached hydrogens (tertiary/aromatic N) is 2. The highest BCUT2D eigenvalue weighted by molar-refractivity contribution is 9.09. The molecule has 0 unspecified atom stereocenters. The zero-order chi connectivity index (χ0) is 15.6. The second-order valence-electron chi connectivity index (χ2n) is 5.20. The van der Waals surface area contributed by atoms with Crippen molar-refractivity contribution < 1.29 is 0 Å². The van der Waals surface area contributed by atoms with Gasteiger partial charge in [0.05, 0.1) is 16.4 Å². The lowest BCUT2D eigenvalue weighted by Crippen LogP contribution is -2.34. The number of aryl methyl sites for hydroxylation is 2. The Bertz CT molecular complexity index is 637. The van der Waals surface area contributed by atoms with Crippen LogP contribution in [0, 0.1) is 6.92 Å². The second kappa shape index (κ2) is 7.03. The Morgan fingerprint density at radius 3 is 2.38 bits per heavy atom. The molecule has 0 radical (unpaired) electrons. The van der Waals surface area contributed by atoms with Crippen LogP contribution in [0.1, 0.15) is 17.0 Å². The van der Waals surface area contributed by atoms with Crippen molar-refractivity contribution >= 4 is 55.1 Å². The Labute approximate surface area is 152 Å². The molecule has 0 aliphatic rings. The van der Waals surface area contributed by atoms with Crippen LogP contribution in [0.3, 0.4) is 0 Å². The van der Waals surface area contributed by atoms with Gasteiger partial charge in [-0.15, -0.1) is 0 Å². The van der Waals surface area contributed by atoms with Crippen molar-refractivity contribution in [2.24, 2.45) is 7.05 Å². The number of halogens is 4. The van der Waals surface area contributed by atoms with Gasteiger partial charge in [-0.05, 0) is 24.6 Å². The third kappa shape index (κ3) is 3.49. The lowest BCUT2D eigenvalue weighted by Gasteiger charge is -2.31. The lowest BCUT2D eigenvalue weighted by molar-refractivity contribution is 0.523. The fraction of sp³-hybridized carbons (Fsp3) is 0.400. The third-order valence-electron chi connectivity index (χ3n) is 3.72. The average Bonchev–Trinajstić information content (AvgIpc) is 2.70. The Kier molecular flexibility index (Phi) is 5.80. The Balaban J connectivity index is 2.48. The van der Waals surface area contributed by atoms with Gasteiger partial charge in [0, 0.05) is 34.6 Å². The molecule has 6 heteroatoms. The van der Waals surface area contributed by atoms with Crippen LogP contribution < -0.4 is 0 Å². The number of benzene rings is 1. The summed E-state index contributed by atoms with van der Waals surface area (Å²) < 4.78 is 1.86. The van der Waals surface area contributed by atoms with Crippen molar-refractivity contribution in [1.29, 1.82) is 0 Å². The zero-order valence-corrected chi connectivity index (χ0v) is 16.5. The number of hydrogen-bond donors (Lipinski definition) is 0. The summed E-state index contributed by atoms with van der Waals surface area (Å²) in [7, 11) is 1.93. The van der Waals surface area contributed by atoms with Gasteiger partial charge in [0.15, 0.2) is 0 Å². The fourth-order valence-corrected chi connectivity index (χ4v) is 4.79. The smallest absolute Gasteiger partial charge is 0.0847 e. The van der Waals surface area contributed by atoms with Gasteiger partial charge in [0.1, 0.15) is 0 Å². The minimum Gasteiger partial charge on any atom is -0.271 e. The molecular weight excluding hydrogens is 439 g/mol. The molecule has 0 aliphatic carbocycles. The van der Waals surface area contributed by atoms with Crippen molar-refractivity contribution in [3.05, 3.63) is 51.3 Å². The van der Waals surface area contributed by atoms with E-state index < -0.39 is 0 Å². The van der Waals surface area contributed by atoms with Gasteiger partial charge in [0.25, 0.3) is 0 Å². The van der Waals surface area contributed by atoms with E-state index in [0.717, 1.165) is 38.5 Å². The van der Waals surface area contributed by atoms with Crippen LogP contribution in [0.4, 0.5) is 0 Å². The van der Waals surface area contributed by atoms with Crippen molar-refractivity contribution in [2.75, 3.05) is 10.7 Å². The van der Waals surface area contributed by atoms with E-state index in [1.54, 1.807) is 0 Å². The average molecular weight is 455 g/mol. The number of hydrogen-bond acceptors (Lipinski definition) is 1. The van der Waals surface area contributed by atoms with Crippen molar-refractivity contribution in [3.8, 4) is 0 Å². The Morgan fingerprint density at radius 2 is 1.90 bits per heavy atom. The van der Waals surface area contributed by atoms with E-state index in [1.165, 1.54) is 5.56 Å². The first-order chi connectivity index (χ1) is 9.93. The van der Waals surface area contributed by atoms with Crippen LogP contribution in [-0.2, 0) is 18.9 Å². The predicted molar refractivity (Wildman–Crippen MR) is 97.4 cm³/mol. The van der Waals surface area contributed by atoms with Gasteiger partial charge in [-0.2, -0.15) is 5.10 Å². The lowest BCUT2D eigenvalue weighted by atomic mass is 9.80. The molecule has 2 rings (SSSR count). The van der Waals surface area contributed by atoms with Crippen molar-refractivity contribution in [3.63, 3.8) is 0 Å². The number of alkyl halides is 2. The molecule has 21 heavy (non-hydrogen) atoms. The molecular formula is C15H16Br2Cl2N2. The normalized spacial score (nSPS) is 11.9. The first kappa shape index (κ1) is 17.3. The van der Waals surface area contributed by atoms with Gasteiger partial charge in [-0.1, -0.05) is 67.2 Å². The molecule has 0 atom stereocenters. The molecule has 0 N–H and O–H groups in total. The largest absolute Gasteiger partial charge is 0.271 e. The number of rotatable bonds is 5. The molecule has 1 aromatic carbocycles. The van der Waals surface area contributed by atoms with Crippen LogP contribution >= 0.6 is 55.1 Å². The topological polar surface area (TPSA) is 17.8 Å². The molecule has 0 bridgehead atoms. The van der Waals surface area contributed by atoms with Gasteiger partial charge < -0.3 is 0 Å². The van der Waals surface area contributed by atoms with Crippen LogP contribution in [0.25, 0.3) is 0 Å². The minimum atomic E-state index is -0.130. The fourth-order valence-electron chi connectivity index (χ4n) is 2.40. The standard InChI is InChI=1S/C15H16Br2Cl2N2/c1-10-14(19)13(21(2)20-10)7-15(8-16,9-17)11-4-3-5-12(18)6-11/h3-6H,7-9H2,1-2H3. The van der Waals surface area contributed by atoms with Crippen LogP contribution in [0.5, 0.6) is 0 Å². The van der Waals surface area contributed by atoms with Gasteiger partial charge in [0.2, 0.25) is 0 Å². The molecule has 2 aromatic rings. The maximum absolute atomic E-state index is 6.41. The minimum absolute atomic E-state index is 0.130. The van der Waals surface area contributed by atoms with E-state index in [9.17, 15) is 0 Å². The molecule has 0 aliphatic heterocycles. The molecule has 1 aromatic heterocycles. The van der Waals surface area contributed by atoms with Gasteiger partial charge in [-0.3, -0.25) is 4.68 Å². The summed E-state index contributed by atoms with van der Waals surface area (Å²) in [5, 5.41) is 7.48. The van der Waals surface area contributed by atoms with E-state index in [2.05, 4.69) is 43.0 Å². The molecule has 0 fully saturated rings. The quantitative estimate of drug-likeness (QED) is 0.560. The highest BCUT2D eigenvalue weighted by Crippen LogP contribution is 2.36. The van der Waals surface area contributed by atoms with Crippen LogP contribution in [0.15, 0.2) is 24.3 Å². The monoisotopic (exact) mass is 452 g/mol. The molecule has 0 spiro atoms. The van der Waals surface area contributed by atoms with E-state index in [1.807, 2.05) is 36.9 Å². The summed E-state index contributed by atoms with van der Waals surface area (Å²) in [6.45, 7) is 1.93. The summed E-state index contributed by atoms with van der Waals surface area (Å²) in [6.07, 6.45) is 0.778. The molecule has 1 heterocycles. The van der Waals surface area contributed by atoms with Gasteiger partial charge >= 0.3 is 0 Å². The molecule has 114 valence electrons. The summed E-state index contributed by atoms with van der Waals surface area (Å²) in [5.41, 5.74) is 2.94. The van der Waals surface area contributed by atoms with Crippen molar-refractivity contribution in [1.82, 2.24) is 9.78 Å². The van der Waals surface area contributed by atoms with E-state index in [0.29, 0.717) is 0 Å². The Hall–Kier alpha value is -0.0300. The third-order valence-corrected chi connectivity index (χ3v) is 6.59. The second-order valence-corrected chi connectivity index (χ2v) is 7.14. The number of aromatic nitrogens is 2. The molecule has 0 saturated heterocycles. The molecule has 0 saturated carbocycles. The molecule has 0 amide bonds. The summed E-state index contributed by atoms with van der Waals surface area (Å²) in [6, 6.07) is 7.99. The summed E-state index contributed by atoms with van der Waals surface area (Å²) in [4.78, 5) is 0. The summed E-state index contributed by atoms with van der Waals surface area (Å²) in [5.74, 6) is 0. The maximum atomic E-state index is 6.41. The predicted octanol–water partition coefficient (Wildman–Crippen LogP) is 5.31. The van der Waals surface area contributed by atoms with Crippen molar-refractivity contribution in [2.45, 2.75) is 18.8 Å². The zero-order valence-electron chi connectivity index (χ0n) is 11.8. The van der Waals surface area contributed by atoms with Crippen LogP contribution in [-0.4, -0.2) is 20.4 Å². The van der Waals surface area contributed by atoms with E-state index >= 15 is 0 Å². The maximum Gasteiger partial charge on any atom is 0.0847 e. The van der Waals surface area contributed by atoms with Gasteiger partial charge in [-0.25, -0.2) is 0 Å². The van der Waals surface area contributed by atoms with Crippen LogP contribution in [0.2, 0.25) is 10.0 Å².